The minimum atomic E-state index is -0.683. The molecule has 0 saturated carbocycles. The maximum Gasteiger partial charge on any atom is 0.307 e. The van der Waals surface area contributed by atoms with Gasteiger partial charge in [-0.1, -0.05) is 6.07 Å². The number of carbonyl (C=O) groups is 1. The molecule has 1 saturated heterocycles. The number of aryl methyl sites for hydroxylation is 2. The molecule has 4 nitrogen and oxygen atoms in total. The monoisotopic (exact) mass is 263 g/mol. The summed E-state index contributed by atoms with van der Waals surface area (Å²) in [5.41, 5.74) is 2.39. The molecule has 0 amide bonds. The second-order valence-electron chi connectivity index (χ2n) is 5.30. The molecule has 0 bridgehead atoms. The van der Waals surface area contributed by atoms with Gasteiger partial charge in [0.15, 0.2) is 0 Å². The number of ether oxygens (including phenoxy) is 1. The quantitative estimate of drug-likeness (QED) is 0.883. The minimum absolute atomic E-state index is 0.207. The molecule has 1 fully saturated rings. The van der Waals surface area contributed by atoms with Crippen molar-refractivity contribution >= 4 is 5.97 Å². The normalized spacial score (nSPS) is 19.6. The summed E-state index contributed by atoms with van der Waals surface area (Å²) in [6.07, 6.45) is 0.749. The van der Waals surface area contributed by atoms with E-state index in [-0.39, 0.29) is 5.92 Å². The van der Waals surface area contributed by atoms with Crippen molar-refractivity contribution in [1.29, 1.82) is 0 Å². The van der Waals surface area contributed by atoms with Crippen molar-refractivity contribution in [2.45, 2.75) is 20.3 Å². The number of nitrogens with zero attached hydrogens (tertiary/aromatic N) is 1. The van der Waals surface area contributed by atoms with Gasteiger partial charge in [0, 0.05) is 13.1 Å². The van der Waals surface area contributed by atoms with Crippen LogP contribution < -0.4 is 4.74 Å². The fraction of sp³-hybridized carbons (Fsp3) is 0.533. The molecule has 1 aromatic carbocycles. The number of carboxylic acids is 1. The Labute approximate surface area is 114 Å². The van der Waals surface area contributed by atoms with Crippen molar-refractivity contribution in [2.75, 3.05) is 26.2 Å². The maximum absolute atomic E-state index is 10.9. The number of rotatable bonds is 5. The molecule has 2 rings (SSSR count). The summed E-state index contributed by atoms with van der Waals surface area (Å²) in [7, 11) is 0. The summed E-state index contributed by atoms with van der Waals surface area (Å²) in [4.78, 5) is 13.0. The summed E-state index contributed by atoms with van der Waals surface area (Å²) >= 11 is 0. The molecule has 1 aliphatic rings. The van der Waals surface area contributed by atoms with Crippen LogP contribution in [0.5, 0.6) is 5.75 Å². The highest BCUT2D eigenvalue weighted by Crippen LogP contribution is 2.18. The lowest BCUT2D eigenvalue weighted by molar-refractivity contribution is -0.141. The molecular weight excluding hydrogens is 242 g/mol. The Bertz CT molecular complexity index is 438. The zero-order valence-corrected chi connectivity index (χ0v) is 11.6. The summed E-state index contributed by atoms with van der Waals surface area (Å²) in [5.74, 6) is 0.00502. The lowest BCUT2D eigenvalue weighted by Crippen LogP contribution is -2.27. The lowest BCUT2D eigenvalue weighted by atomic mass is 10.1. The highest BCUT2D eigenvalue weighted by molar-refractivity contribution is 5.70. The Hall–Kier alpha value is -1.55. The number of likely N-dealkylation sites (tertiary alicyclic amines) is 1. The van der Waals surface area contributed by atoms with Gasteiger partial charge in [-0.05, 0) is 50.1 Å². The van der Waals surface area contributed by atoms with Gasteiger partial charge in [-0.15, -0.1) is 0 Å². The number of hydrogen-bond donors (Lipinski definition) is 1. The summed E-state index contributed by atoms with van der Waals surface area (Å²) in [6.45, 7) is 7.00. The van der Waals surface area contributed by atoms with Gasteiger partial charge in [-0.3, -0.25) is 9.69 Å². The molecular formula is C15H21NO3. The third-order valence-corrected chi connectivity index (χ3v) is 3.49. The number of carboxylic acid groups (broad SMARTS) is 1. The van der Waals surface area contributed by atoms with Gasteiger partial charge >= 0.3 is 5.97 Å². The fourth-order valence-corrected chi connectivity index (χ4v) is 2.55. The SMILES string of the molecule is Cc1cc(C)cc(OCCN2CCC(C(=O)O)C2)c1. The van der Waals surface area contributed by atoms with Gasteiger partial charge in [0.25, 0.3) is 0 Å². The van der Waals surface area contributed by atoms with Crippen LogP contribution in [-0.2, 0) is 4.79 Å². The second-order valence-corrected chi connectivity index (χ2v) is 5.30. The molecule has 104 valence electrons. The Morgan fingerprint density at radius 1 is 1.37 bits per heavy atom. The van der Waals surface area contributed by atoms with Crippen molar-refractivity contribution in [3.8, 4) is 5.75 Å². The average Bonchev–Trinajstić information content (AvgIpc) is 2.76. The number of aliphatic carboxylic acids is 1. The van der Waals surface area contributed by atoms with E-state index in [9.17, 15) is 4.79 Å². The molecule has 0 radical (unpaired) electrons. The van der Waals surface area contributed by atoms with E-state index >= 15 is 0 Å². The van der Waals surface area contributed by atoms with Gasteiger partial charge in [0.05, 0.1) is 5.92 Å². The van der Waals surface area contributed by atoms with E-state index in [1.165, 1.54) is 11.1 Å². The molecule has 1 heterocycles. The highest BCUT2D eigenvalue weighted by atomic mass is 16.5. The molecule has 0 aliphatic carbocycles. The van der Waals surface area contributed by atoms with Crippen molar-refractivity contribution in [2.24, 2.45) is 5.92 Å². The molecule has 1 aromatic rings. The van der Waals surface area contributed by atoms with E-state index in [1.54, 1.807) is 0 Å². The first-order chi connectivity index (χ1) is 9.04. The third kappa shape index (κ3) is 3.96. The summed E-state index contributed by atoms with van der Waals surface area (Å²) < 4.78 is 5.74. The van der Waals surface area contributed by atoms with Gasteiger partial charge in [0.2, 0.25) is 0 Å². The Morgan fingerprint density at radius 2 is 2.05 bits per heavy atom. The molecule has 0 spiro atoms. The van der Waals surface area contributed by atoms with Crippen LogP contribution in [0.1, 0.15) is 17.5 Å². The topological polar surface area (TPSA) is 49.8 Å². The van der Waals surface area contributed by atoms with Crippen LogP contribution in [-0.4, -0.2) is 42.2 Å². The molecule has 1 atom stereocenters. The number of benzene rings is 1. The van der Waals surface area contributed by atoms with Crippen LogP contribution in [0, 0.1) is 19.8 Å². The van der Waals surface area contributed by atoms with E-state index < -0.39 is 5.97 Å². The Kier molecular flexibility index (Phi) is 4.43. The molecule has 1 unspecified atom stereocenters. The van der Waals surface area contributed by atoms with Crippen LogP contribution in [0.2, 0.25) is 0 Å². The smallest absolute Gasteiger partial charge is 0.307 e. The molecule has 0 aromatic heterocycles. The van der Waals surface area contributed by atoms with Gasteiger partial charge in [-0.25, -0.2) is 0 Å². The molecule has 4 heteroatoms. The third-order valence-electron chi connectivity index (χ3n) is 3.49. The number of hydrogen-bond acceptors (Lipinski definition) is 3. The van der Waals surface area contributed by atoms with Crippen molar-refractivity contribution in [1.82, 2.24) is 4.90 Å². The average molecular weight is 263 g/mol. The first kappa shape index (κ1) is 13.9. The minimum Gasteiger partial charge on any atom is -0.492 e. The van der Waals surface area contributed by atoms with Gasteiger partial charge in [-0.2, -0.15) is 0 Å². The summed E-state index contributed by atoms with van der Waals surface area (Å²) in [5, 5.41) is 8.94. The van der Waals surface area contributed by atoms with Crippen LogP contribution in [0.3, 0.4) is 0 Å². The predicted octanol–water partition coefficient (Wildman–Crippen LogP) is 2.09. The van der Waals surface area contributed by atoms with Gasteiger partial charge in [0.1, 0.15) is 12.4 Å². The van der Waals surface area contributed by atoms with Crippen LogP contribution in [0.25, 0.3) is 0 Å². The van der Waals surface area contributed by atoms with Crippen molar-refractivity contribution < 1.29 is 14.6 Å². The molecule has 1 aliphatic heterocycles. The fourth-order valence-electron chi connectivity index (χ4n) is 2.55. The zero-order chi connectivity index (χ0) is 13.8. The largest absolute Gasteiger partial charge is 0.492 e. The van der Waals surface area contributed by atoms with E-state index in [1.807, 2.05) is 12.1 Å². The van der Waals surface area contributed by atoms with E-state index in [0.29, 0.717) is 13.2 Å². The summed E-state index contributed by atoms with van der Waals surface area (Å²) in [6, 6.07) is 6.17. The van der Waals surface area contributed by atoms with E-state index in [2.05, 4.69) is 24.8 Å². The van der Waals surface area contributed by atoms with E-state index in [0.717, 1.165) is 25.3 Å². The zero-order valence-electron chi connectivity index (χ0n) is 11.6. The van der Waals surface area contributed by atoms with Crippen LogP contribution in [0.4, 0.5) is 0 Å². The van der Waals surface area contributed by atoms with E-state index in [4.69, 9.17) is 9.84 Å². The predicted molar refractivity (Wildman–Crippen MR) is 73.6 cm³/mol. The first-order valence-electron chi connectivity index (χ1n) is 6.71. The Balaban J connectivity index is 1.76. The maximum atomic E-state index is 10.9. The van der Waals surface area contributed by atoms with Crippen molar-refractivity contribution in [3.05, 3.63) is 29.3 Å². The molecule has 19 heavy (non-hydrogen) atoms. The standard InChI is InChI=1S/C15H21NO3/c1-11-7-12(2)9-14(8-11)19-6-5-16-4-3-13(10-16)15(17)18/h7-9,13H,3-6,10H2,1-2H3,(H,17,18). The molecule has 1 N–H and O–H groups in total. The van der Waals surface area contributed by atoms with Crippen molar-refractivity contribution in [3.63, 3.8) is 0 Å². The second kappa shape index (κ2) is 6.06. The first-order valence-corrected chi connectivity index (χ1v) is 6.71. The lowest BCUT2D eigenvalue weighted by Gasteiger charge is -2.16. The van der Waals surface area contributed by atoms with Crippen LogP contribution in [0.15, 0.2) is 18.2 Å². The van der Waals surface area contributed by atoms with Crippen LogP contribution >= 0.6 is 0 Å². The van der Waals surface area contributed by atoms with Gasteiger partial charge < -0.3 is 9.84 Å². The highest BCUT2D eigenvalue weighted by Gasteiger charge is 2.27. The Morgan fingerprint density at radius 3 is 2.63 bits per heavy atom.